The van der Waals surface area contributed by atoms with Gasteiger partial charge in [-0.2, -0.15) is 0 Å². The maximum Gasteiger partial charge on any atom is 0.333 e. The zero-order valence-corrected chi connectivity index (χ0v) is 14.8. The monoisotopic (exact) mass is 340 g/mol. The van der Waals surface area contributed by atoms with Crippen LogP contribution in [0.25, 0.3) is 0 Å². The molecule has 0 aromatic heterocycles. The third-order valence-corrected chi connectivity index (χ3v) is 7.14. The van der Waals surface area contributed by atoms with Crippen LogP contribution in [0, 0.1) is 0 Å². The molecule has 0 amide bonds. The third-order valence-electron chi connectivity index (χ3n) is 3.64. The van der Waals surface area contributed by atoms with E-state index < -0.39 is 26.9 Å². The van der Waals surface area contributed by atoms with Crippen LogP contribution >= 0.6 is 0 Å². The van der Waals surface area contributed by atoms with E-state index in [0.29, 0.717) is 0 Å². The van der Waals surface area contributed by atoms with Gasteiger partial charge in [-0.05, 0) is 23.8 Å². The summed E-state index contributed by atoms with van der Waals surface area (Å²) >= 11 is 0. The van der Waals surface area contributed by atoms with Crippen LogP contribution in [0.3, 0.4) is 0 Å². The Morgan fingerprint density at radius 2 is 1.42 bits per heavy atom. The van der Waals surface area contributed by atoms with Crippen molar-refractivity contribution in [3.63, 3.8) is 0 Å². The van der Waals surface area contributed by atoms with Gasteiger partial charge in [0.1, 0.15) is 0 Å². The standard InChI is InChI=1S/C19H20O4Si/c1-15(2)19(21)22-14-18(20)23-24(3,16-10-6-4-7-11-16)17-12-8-5-9-13-17/h4-13H,1,14H2,2-3H3. The van der Waals surface area contributed by atoms with Gasteiger partial charge in [0.15, 0.2) is 6.61 Å². The van der Waals surface area contributed by atoms with Crippen LogP contribution in [-0.4, -0.2) is 26.9 Å². The Bertz CT molecular complexity index is 686. The minimum atomic E-state index is -2.73. The molecule has 24 heavy (non-hydrogen) atoms. The molecule has 0 spiro atoms. The Hall–Kier alpha value is -2.66. The molecule has 4 nitrogen and oxygen atoms in total. The second-order valence-corrected chi connectivity index (χ2v) is 9.02. The quantitative estimate of drug-likeness (QED) is 0.459. The molecule has 0 radical (unpaired) electrons. The van der Waals surface area contributed by atoms with E-state index in [0.717, 1.165) is 10.4 Å². The highest BCUT2D eigenvalue weighted by Gasteiger charge is 2.37. The fourth-order valence-electron chi connectivity index (χ4n) is 2.30. The Morgan fingerprint density at radius 1 is 0.958 bits per heavy atom. The lowest BCUT2D eigenvalue weighted by molar-refractivity contribution is -0.151. The van der Waals surface area contributed by atoms with E-state index >= 15 is 0 Å². The summed E-state index contributed by atoms with van der Waals surface area (Å²) in [6.45, 7) is 6.54. The van der Waals surface area contributed by atoms with Gasteiger partial charge in [-0.15, -0.1) is 0 Å². The first-order valence-corrected chi connectivity index (χ1v) is 10.00. The van der Waals surface area contributed by atoms with Crippen molar-refractivity contribution in [3.8, 4) is 0 Å². The summed E-state index contributed by atoms with van der Waals surface area (Å²) in [4.78, 5) is 23.7. The minimum Gasteiger partial charge on any atom is -0.508 e. The summed E-state index contributed by atoms with van der Waals surface area (Å²) in [5.41, 5.74) is 0.244. The van der Waals surface area contributed by atoms with Gasteiger partial charge < -0.3 is 9.16 Å². The van der Waals surface area contributed by atoms with Gasteiger partial charge in [0.25, 0.3) is 0 Å². The number of esters is 1. The number of ether oxygens (including phenoxy) is 1. The van der Waals surface area contributed by atoms with Crippen LogP contribution in [0.1, 0.15) is 6.92 Å². The molecule has 0 bridgehead atoms. The largest absolute Gasteiger partial charge is 0.508 e. The Kier molecular flexibility index (Phi) is 5.71. The molecule has 0 aliphatic rings. The maximum atomic E-state index is 12.2. The molecule has 2 aromatic carbocycles. The first-order chi connectivity index (χ1) is 11.4. The fourth-order valence-corrected chi connectivity index (χ4v) is 5.04. The molecular weight excluding hydrogens is 320 g/mol. The first-order valence-electron chi connectivity index (χ1n) is 7.59. The van der Waals surface area contributed by atoms with E-state index in [1.54, 1.807) is 0 Å². The topological polar surface area (TPSA) is 52.6 Å². The predicted octanol–water partition coefficient (Wildman–Crippen LogP) is 2.04. The lowest BCUT2D eigenvalue weighted by atomic mass is 10.4. The number of carbonyl (C=O) groups excluding carboxylic acids is 2. The molecule has 0 aliphatic carbocycles. The number of benzene rings is 2. The normalized spacial score (nSPS) is 10.8. The van der Waals surface area contributed by atoms with Gasteiger partial charge in [-0.3, -0.25) is 0 Å². The summed E-state index contributed by atoms with van der Waals surface area (Å²) in [6, 6.07) is 19.3. The van der Waals surface area contributed by atoms with Crippen LogP contribution in [0.5, 0.6) is 0 Å². The van der Waals surface area contributed by atoms with Crippen LogP contribution in [-0.2, 0) is 18.8 Å². The summed E-state index contributed by atoms with van der Waals surface area (Å²) in [5, 5.41) is 1.94. The van der Waals surface area contributed by atoms with Crippen molar-refractivity contribution in [3.05, 3.63) is 72.8 Å². The highest BCUT2D eigenvalue weighted by molar-refractivity contribution is 6.97. The molecule has 5 heteroatoms. The summed E-state index contributed by atoms with van der Waals surface area (Å²) in [6.07, 6.45) is 0. The van der Waals surface area contributed by atoms with Crippen molar-refractivity contribution in [2.24, 2.45) is 0 Å². The molecule has 0 fully saturated rings. The van der Waals surface area contributed by atoms with Crippen molar-refractivity contribution in [2.45, 2.75) is 13.5 Å². The van der Waals surface area contributed by atoms with E-state index in [4.69, 9.17) is 9.16 Å². The van der Waals surface area contributed by atoms with Crippen molar-refractivity contribution in [2.75, 3.05) is 6.61 Å². The fraction of sp³-hybridized carbons (Fsp3) is 0.158. The number of hydrogen-bond acceptors (Lipinski definition) is 4. The van der Waals surface area contributed by atoms with Crippen LogP contribution in [0.2, 0.25) is 6.55 Å². The zero-order chi connectivity index (χ0) is 17.6. The molecule has 2 aromatic rings. The average molecular weight is 340 g/mol. The predicted molar refractivity (Wildman–Crippen MR) is 95.6 cm³/mol. The van der Waals surface area contributed by atoms with Gasteiger partial charge >= 0.3 is 20.3 Å². The molecule has 0 saturated heterocycles. The molecule has 0 unspecified atom stereocenters. The van der Waals surface area contributed by atoms with Crippen molar-refractivity contribution >= 4 is 30.6 Å². The Labute approximate surface area is 142 Å². The Balaban J connectivity index is 2.23. The average Bonchev–Trinajstić information content (AvgIpc) is 2.61. The molecule has 0 heterocycles. The first kappa shape index (κ1) is 17.7. The summed E-state index contributed by atoms with van der Waals surface area (Å²) < 4.78 is 10.7. The highest BCUT2D eigenvalue weighted by Crippen LogP contribution is 2.08. The molecule has 124 valence electrons. The van der Waals surface area contributed by atoms with E-state index in [2.05, 4.69) is 6.58 Å². The summed E-state index contributed by atoms with van der Waals surface area (Å²) in [5.74, 6) is -1.17. The van der Waals surface area contributed by atoms with Gasteiger partial charge in [0.05, 0.1) is 0 Å². The summed E-state index contributed by atoms with van der Waals surface area (Å²) in [7, 11) is -2.73. The lowest BCUT2D eigenvalue weighted by Gasteiger charge is -2.28. The third kappa shape index (κ3) is 4.20. The number of hydrogen-bond donors (Lipinski definition) is 0. The lowest BCUT2D eigenvalue weighted by Crippen LogP contribution is -2.59. The van der Waals surface area contributed by atoms with Gasteiger partial charge in [0, 0.05) is 5.57 Å². The van der Waals surface area contributed by atoms with Gasteiger partial charge in [-0.25, -0.2) is 9.59 Å². The molecule has 0 saturated carbocycles. The smallest absolute Gasteiger partial charge is 0.333 e. The maximum absolute atomic E-state index is 12.2. The number of rotatable bonds is 6. The van der Waals surface area contributed by atoms with Crippen molar-refractivity contribution in [1.29, 1.82) is 0 Å². The van der Waals surface area contributed by atoms with Gasteiger partial charge in [0.2, 0.25) is 0 Å². The van der Waals surface area contributed by atoms with Crippen molar-refractivity contribution in [1.82, 2.24) is 0 Å². The Morgan fingerprint density at radius 3 is 1.83 bits per heavy atom. The van der Waals surface area contributed by atoms with Crippen LogP contribution in [0.4, 0.5) is 0 Å². The zero-order valence-electron chi connectivity index (χ0n) is 13.8. The van der Waals surface area contributed by atoms with Crippen LogP contribution < -0.4 is 10.4 Å². The van der Waals surface area contributed by atoms with Crippen molar-refractivity contribution < 1.29 is 18.8 Å². The SMILES string of the molecule is C=C(C)C(=O)OCC(=O)O[Si](C)(c1ccccc1)c1ccccc1. The van der Waals surface area contributed by atoms with Crippen LogP contribution in [0.15, 0.2) is 72.8 Å². The van der Waals surface area contributed by atoms with E-state index in [-0.39, 0.29) is 5.57 Å². The number of carbonyl (C=O) groups is 2. The molecule has 0 atom stereocenters. The second kappa shape index (κ2) is 7.74. The minimum absolute atomic E-state index is 0.244. The van der Waals surface area contributed by atoms with E-state index in [9.17, 15) is 9.59 Å². The van der Waals surface area contributed by atoms with Gasteiger partial charge in [-0.1, -0.05) is 67.2 Å². The molecule has 2 rings (SSSR count). The molecular formula is C19H20O4Si. The van der Waals surface area contributed by atoms with E-state index in [1.807, 2.05) is 67.2 Å². The second-order valence-electron chi connectivity index (χ2n) is 5.60. The van der Waals surface area contributed by atoms with E-state index in [1.165, 1.54) is 6.92 Å². The molecule has 0 N–H and O–H groups in total. The highest BCUT2D eigenvalue weighted by atomic mass is 28.4. The molecule has 0 aliphatic heterocycles.